The fourth-order valence-electron chi connectivity index (χ4n) is 3.23. The highest BCUT2D eigenvalue weighted by Gasteiger charge is 2.26. The zero-order chi connectivity index (χ0) is 13.1. The molecule has 96 valence electrons. The Bertz CT molecular complexity index is 437. The van der Waals surface area contributed by atoms with Gasteiger partial charge in [0.25, 0.3) is 0 Å². The normalized spacial score (nSPS) is 27.6. The summed E-state index contributed by atoms with van der Waals surface area (Å²) in [6.07, 6.45) is 3.87. The number of hydrogen-bond donors (Lipinski definition) is 0. The van der Waals surface area contributed by atoms with E-state index in [1.54, 1.807) is 0 Å². The van der Waals surface area contributed by atoms with Crippen molar-refractivity contribution >= 4 is 5.69 Å². The largest absolute Gasteiger partial charge is 0.372 e. The van der Waals surface area contributed by atoms with Gasteiger partial charge < -0.3 is 4.90 Å². The number of benzene rings is 1. The molecule has 0 aromatic heterocycles. The van der Waals surface area contributed by atoms with E-state index in [1.807, 2.05) is 18.2 Å². The molecule has 0 saturated heterocycles. The third-order valence-electron chi connectivity index (χ3n) is 4.08. The van der Waals surface area contributed by atoms with Gasteiger partial charge in [-0.1, -0.05) is 19.9 Å². The Morgan fingerprint density at radius 2 is 1.83 bits per heavy atom. The summed E-state index contributed by atoms with van der Waals surface area (Å²) >= 11 is 0. The molecule has 2 unspecified atom stereocenters. The van der Waals surface area contributed by atoms with Crippen LogP contribution in [0.4, 0.5) is 5.69 Å². The third-order valence-corrected chi connectivity index (χ3v) is 4.08. The topological polar surface area (TPSA) is 27.0 Å². The molecule has 1 saturated carbocycles. The average molecular weight is 242 g/mol. The first-order valence-corrected chi connectivity index (χ1v) is 6.83. The summed E-state index contributed by atoms with van der Waals surface area (Å²) in [5, 5.41) is 8.97. The molecule has 0 amide bonds. The van der Waals surface area contributed by atoms with Crippen molar-refractivity contribution in [1.29, 1.82) is 5.26 Å². The van der Waals surface area contributed by atoms with Crippen molar-refractivity contribution < 1.29 is 0 Å². The SMILES string of the molecule is CC1CC(C)CC(N(C)c2cccc(C#N)c2)C1. The molecule has 18 heavy (non-hydrogen) atoms. The lowest BCUT2D eigenvalue weighted by Crippen LogP contribution is -2.38. The van der Waals surface area contributed by atoms with E-state index in [-0.39, 0.29) is 0 Å². The summed E-state index contributed by atoms with van der Waals surface area (Å²) in [5.41, 5.74) is 1.91. The highest BCUT2D eigenvalue weighted by molar-refractivity contribution is 5.51. The fourth-order valence-corrected chi connectivity index (χ4v) is 3.23. The van der Waals surface area contributed by atoms with Gasteiger partial charge in [-0.3, -0.25) is 0 Å². The molecule has 1 fully saturated rings. The van der Waals surface area contributed by atoms with E-state index in [0.29, 0.717) is 6.04 Å². The van der Waals surface area contributed by atoms with E-state index in [2.05, 4.69) is 37.9 Å². The molecule has 0 aliphatic heterocycles. The molecule has 0 spiro atoms. The van der Waals surface area contributed by atoms with Crippen LogP contribution in [0.25, 0.3) is 0 Å². The first-order valence-electron chi connectivity index (χ1n) is 6.83. The van der Waals surface area contributed by atoms with Crippen LogP contribution < -0.4 is 4.90 Å². The lowest BCUT2D eigenvalue weighted by Gasteiger charge is -2.38. The summed E-state index contributed by atoms with van der Waals surface area (Å²) in [6, 6.07) is 10.8. The minimum atomic E-state index is 0.609. The first-order chi connectivity index (χ1) is 8.60. The van der Waals surface area contributed by atoms with E-state index in [4.69, 9.17) is 5.26 Å². The monoisotopic (exact) mass is 242 g/mol. The molecule has 1 aromatic carbocycles. The molecule has 2 nitrogen and oxygen atoms in total. The van der Waals surface area contributed by atoms with E-state index >= 15 is 0 Å². The molecule has 0 N–H and O–H groups in total. The summed E-state index contributed by atoms with van der Waals surface area (Å²) in [4.78, 5) is 2.35. The minimum absolute atomic E-state index is 0.609. The zero-order valence-corrected chi connectivity index (χ0v) is 11.6. The van der Waals surface area contributed by atoms with Gasteiger partial charge in [0.1, 0.15) is 0 Å². The van der Waals surface area contributed by atoms with Crippen LogP contribution in [0.3, 0.4) is 0 Å². The highest BCUT2D eigenvalue weighted by Crippen LogP contribution is 2.33. The number of anilines is 1. The van der Waals surface area contributed by atoms with Crippen molar-refractivity contribution in [2.45, 2.75) is 39.2 Å². The summed E-state index contributed by atoms with van der Waals surface area (Å²) in [5.74, 6) is 1.61. The van der Waals surface area contributed by atoms with Gasteiger partial charge in [0, 0.05) is 18.8 Å². The van der Waals surface area contributed by atoms with E-state index in [9.17, 15) is 0 Å². The van der Waals surface area contributed by atoms with E-state index < -0.39 is 0 Å². The minimum Gasteiger partial charge on any atom is -0.372 e. The number of nitriles is 1. The van der Waals surface area contributed by atoms with Gasteiger partial charge in [-0.05, 0) is 49.3 Å². The fraction of sp³-hybridized carbons (Fsp3) is 0.562. The Morgan fingerprint density at radius 3 is 2.44 bits per heavy atom. The zero-order valence-electron chi connectivity index (χ0n) is 11.6. The molecule has 2 heteroatoms. The lowest BCUT2D eigenvalue weighted by molar-refractivity contribution is 0.264. The molecule has 1 aliphatic rings. The molecule has 0 bridgehead atoms. The molecule has 2 atom stereocenters. The number of hydrogen-bond acceptors (Lipinski definition) is 2. The van der Waals surface area contributed by atoms with Gasteiger partial charge in [-0.15, -0.1) is 0 Å². The van der Waals surface area contributed by atoms with Crippen molar-refractivity contribution in [3.05, 3.63) is 29.8 Å². The van der Waals surface area contributed by atoms with Gasteiger partial charge in [-0.25, -0.2) is 0 Å². The van der Waals surface area contributed by atoms with Crippen LogP contribution in [-0.4, -0.2) is 13.1 Å². The quantitative estimate of drug-likeness (QED) is 0.788. The Balaban J connectivity index is 2.15. The van der Waals surface area contributed by atoms with Crippen LogP contribution in [0, 0.1) is 23.2 Å². The van der Waals surface area contributed by atoms with E-state index in [0.717, 1.165) is 17.4 Å². The molecule has 1 aromatic rings. The van der Waals surface area contributed by atoms with Crippen LogP contribution in [-0.2, 0) is 0 Å². The van der Waals surface area contributed by atoms with Crippen molar-refractivity contribution in [2.75, 3.05) is 11.9 Å². The van der Waals surface area contributed by atoms with Gasteiger partial charge in [0.15, 0.2) is 0 Å². The maximum absolute atomic E-state index is 8.97. The second-order valence-corrected chi connectivity index (χ2v) is 5.84. The van der Waals surface area contributed by atoms with Crippen molar-refractivity contribution in [2.24, 2.45) is 11.8 Å². The molecule has 0 radical (unpaired) electrons. The summed E-state index contributed by atoms with van der Waals surface area (Å²) < 4.78 is 0. The van der Waals surface area contributed by atoms with Crippen molar-refractivity contribution in [1.82, 2.24) is 0 Å². The predicted molar refractivity (Wildman–Crippen MR) is 75.5 cm³/mol. The Hall–Kier alpha value is -1.49. The Kier molecular flexibility index (Phi) is 3.91. The smallest absolute Gasteiger partial charge is 0.0992 e. The average Bonchev–Trinajstić information content (AvgIpc) is 2.37. The van der Waals surface area contributed by atoms with Crippen LogP contribution in [0.15, 0.2) is 24.3 Å². The van der Waals surface area contributed by atoms with Gasteiger partial charge in [-0.2, -0.15) is 5.26 Å². The summed E-state index contributed by atoms with van der Waals surface area (Å²) in [7, 11) is 2.16. The second-order valence-electron chi connectivity index (χ2n) is 5.84. The third kappa shape index (κ3) is 2.85. The van der Waals surface area contributed by atoms with Crippen molar-refractivity contribution in [3.63, 3.8) is 0 Å². The molecular weight excluding hydrogens is 220 g/mol. The first kappa shape index (κ1) is 13.0. The van der Waals surface area contributed by atoms with Crippen LogP contribution in [0.2, 0.25) is 0 Å². The maximum Gasteiger partial charge on any atom is 0.0992 e. The van der Waals surface area contributed by atoms with Gasteiger partial charge in [0.2, 0.25) is 0 Å². The standard InChI is InChI=1S/C16H22N2/c1-12-7-13(2)9-16(8-12)18(3)15-6-4-5-14(10-15)11-17/h4-6,10,12-13,16H,7-9H2,1-3H3. The highest BCUT2D eigenvalue weighted by atomic mass is 15.1. The van der Waals surface area contributed by atoms with Crippen LogP contribution in [0.1, 0.15) is 38.7 Å². The van der Waals surface area contributed by atoms with Gasteiger partial charge >= 0.3 is 0 Å². The predicted octanol–water partition coefficient (Wildman–Crippen LogP) is 3.82. The Labute approximate surface area is 110 Å². The molecular formula is C16H22N2. The number of rotatable bonds is 2. The Morgan fingerprint density at radius 1 is 1.17 bits per heavy atom. The van der Waals surface area contributed by atoms with Gasteiger partial charge in [0.05, 0.1) is 11.6 Å². The maximum atomic E-state index is 8.97. The second kappa shape index (κ2) is 5.44. The van der Waals surface area contributed by atoms with Crippen molar-refractivity contribution in [3.8, 4) is 6.07 Å². The van der Waals surface area contributed by atoms with Crippen LogP contribution in [0.5, 0.6) is 0 Å². The number of nitrogens with zero attached hydrogens (tertiary/aromatic N) is 2. The lowest BCUT2D eigenvalue weighted by atomic mass is 9.80. The van der Waals surface area contributed by atoms with Crippen LogP contribution >= 0.6 is 0 Å². The molecule has 1 aliphatic carbocycles. The molecule has 0 heterocycles. The molecule has 2 rings (SSSR count). The van der Waals surface area contributed by atoms with E-state index in [1.165, 1.54) is 24.9 Å². The summed E-state index contributed by atoms with van der Waals surface area (Å²) in [6.45, 7) is 4.70.